The van der Waals surface area contributed by atoms with E-state index in [1.807, 2.05) is 12.1 Å². The van der Waals surface area contributed by atoms with E-state index in [1.165, 1.54) is 15.0 Å². The molecule has 0 amide bonds. The maximum absolute atomic E-state index is 12.4. The monoisotopic (exact) mass is 582 g/mol. The minimum atomic E-state index is -0.947. The molecule has 2 heterocycles. The fraction of sp³-hybridized carbons (Fsp3) is 0.559. The van der Waals surface area contributed by atoms with Crippen LogP contribution in [0.15, 0.2) is 48.5 Å². The minimum absolute atomic E-state index is 0.204. The van der Waals surface area contributed by atoms with Gasteiger partial charge < -0.3 is 24.1 Å². The van der Waals surface area contributed by atoms with Gasteiger partial charge in [-0.1, -0.05) is 70.4 Å². The first-order chi connectivity index (χ1) is 20.0. The van der Waals surface area contributed by atoms with Crippen LogP contribution in [0.25, 0.3) is 10.1 Å². The van der Waals surface area contributed by atoms with Crippen molar-refractivity contribution in [3.8, 4) is 0 Å². The molecule has 0 aliphatic carbocycles. The Labute approximate surface area is 249 Å². The summed E-state index contributed by atoms with van der Waals surface area (Å²) >= 11 is 1.78. The van der Waals surface area contributed by atoms with Crippen LogP contribution in [0.1, 0.15) is 98.2 Å². The highest BCUT2D eigenvalue weighted by molar-refractivity contribution is 7.19. The summed E-state index contributed by atoms with van der Waals surface area (Å²) in [6.45, 7) is 8.78. The predicted octanol–water partition coefficient (Wildman–Crippen LogP) is 8.21. The standard InChI is InChI=1S/C34H46O6S/c1-4-7-16-37-23-31-33(39-18-9-6-3)30(38-17-8-5-2)22-29(40-31)28-20-24(14-15-27(28)34(35)36)19-26-21-25-12-10-11-13-32(25)41-26/h10-15,20-21,29-31,33H,4-9,16-19,22-23H2,1-3H3,(H,35,36)/t29-,30-,31?,33-/m1/s1. The number of fused-ring (bicyclic) bond motifs is 1. The molecule has 4 rings (SSSR count). The Morgan fingerprint density at radius 3 is 2.41 bits per heavy atom. The molecule has 3 aromatic rings. The van der Waals surface area contributed by atoms with Crippen LogP contribution < -0.4 is 0 Å². The van der Waals surface area contributed by atoms with Crippen molar-refractivity contribution in [1.82, 2.24) is 0 Å². The summed E-state index contributed by atoms with van der Waals surface area (Å²) in [5, 5.41) is 11.4. The van der Waals surface area contributed by atoms with E-state index in [-0.39, 0.29) is 23.9 Å². The molecule has 1 aromatic heterocycles. The second-order valence-electron chi connectivity index (χ2n) is 10.9. The third-order valence-corrected chi connectivity index (χ3v) is 8.74. The highest BCUT2D eigenvalue weighted by atomic mass is 32.1. The van der Waals surface area contributed by atoms with Gasteiger partial charge in [0.25, 0.3) is 0 Å². The summed E-state index contributed by atoms with van der Waals surface area (Å²) in [5.41, 5.74) is 2.05. The number of hydrogen-bond donors (Lipinski definition) is 1. The lowest BCUT2D eigenvalue weighted by atomic mass is 9.89. The fourth-order valence-electron chi connectivity index (χ4n) is 5.34. The van der Waals surface area contributed by atoms with Crippen LogP contribution in [0.3, 0.4) is 0 Å². The van der Waals surface area contributed by atoms with E-state index in [9.17, 15) is 9.90 Å². The Morgan fingerprint density at radius 2 is 1.68 bits per heavy atom. The summed E-state index contributed by atoms with van der Waals surface area (Å²) < 4.78 is 26.8. The maximum Gasteiger partial charge on any atom is 0.336 e. The third-order valence-electron chi connectivity index (χ3n) is 7.63. The molecule has 1 aliphatic rings. The summed E-state index contributed by atoms with van der Waals surface area (Å²) in [5.74, 6) is -0.947. The first-order valence-electron chi connectivity index (χ1n) is 15.3. The van der Waals surface area contributed by atoms with E-state index in [0.717, 1.165) is 50.5 Å². The maximum atomic E-state index is 12.4. The van der Waals surface area contributed by atoms with Crippen molar-refractivity contribution < 1.29 is 28.8 Å². The molecule has 1 unspecified atom stereocenters. The average molecular weight is 583 g/mol. The van der Waals surface area contributed by atoms with Gasteiger partial charge in [-0.3, -0.25) is 0 Å². The average Bonchev–Trinajstić information content (AvgIpc) is 3.38. The number of thiophene rings is 1. The van der Waals surface area contributed by atoms with Crippen molar-refractivity contribution in [2.75, 3.05) is 26.4 Å². The van der Waals surface area contributed by atoms with Crippen molar-refractivity contribution in [3.05, 3.63) is 70.1 Å². The molecule has 1 saturated heterocycles. The lowest BCUT2D eigenvalue weighted by Crippen LogP contribution is -2.50. The molecule has 2 aromatic carbocycles. The van der Waals surface area contributed by atoms with E-state index in [0.29, 0.717) is 38.4 Å². The van der Waals surface area contributed by atoms with Gasteiger partial charge in [0.1, 0.15) is 12.2 Å². The van der Waals surface area contributed by atoms with Gasteiger partial charge in [-0.15, -0.1) is 11.3 Å². The number of ether oxygens (including phenoxy) is 4. The molecule has 4 atom stereocenters. The largest absolute Gasteiger partial charge is 0.478 e. The van der Waals surface area contributed by atoms with Crippen molar-refractivity contribution in [2.24, 2.45) is 0 Å². The second kappa shape index (κ2) is 16.4. The molecule has 7 heteroatoms. The summed E-state index contributed by atoms with van der Waals surface area (Å²) in [6.07, 6.45) is 6.10. The lowest BCUT2D eigenvalue weighted by molar-refractivity contribution is -0.216. The Bertz CT molecular complexity index is 1190. The molecule has 0 radical (unpaired) electrons. The molecule has 1 fully saturated rings. The van der Waals surface area contributed by atoms with Gasteiger partial charge in [0, 0.05) is 42.2 Å². The van der Waals surface area contributed by atoms with Crippen LogP contribution in [0.5, 0.6) is 0 Å². The molecular weight excluding hydrogens is 536 g/mol. The number of carbonyl (C=O) groups is 1. The second-order valence-corrected chi connectivity index (χ2v) is 12.1. The van der Waals surface area contributed by atoms with E-state index in [2.05, 4.69) is 51.1 Å². The van der Waals surface area contributed by atoms with Gasteiger partial charge in [0.05, 0.1) is 24.4 Å². The van der Waals surface area contributed by atoms with Gasteiger partial charge in [0.2, 0.25) is 0 Å². The molecule has 224 valence electrons. The van der Waals surface area contributed by atoms with Crippen molar-refractivity contribution in [1.29, 1.82) is 0 Å². The molecule has 1 N–H and O–H groups in total. The normalized spacial score (nSPS) is 21.0. The lowest BCUT2D eigenvalue weighted by Gasteiger charge is -2.42. The summed E-state index contributed by atoms with van der Waals surface area (Å²) in [7, 11) is 0. The zero-order valence-corrected chi connectivity index (χ0v) is 25.6. The van der Waals surface area contributed by atoms with Gasteiger partial charge in [-0.2, -0.15) is 0 Å². The van der Waals surface area contributed by atoms with Crippen LogP contribution in [-0.2, 0) is 25.4 Å². The number of hydrogen-bond acceptors (Lipinski definition) is 6. The van der Waals surface area contributed by atoms with E-state index >= 15 is 0 Å². The zero-order chi connectivity index (χ0) is 29.0. The molecule has 41 heavy (non-hydrogen) atoms. The first-order valence-corrected chi connectivity index (χ1v) is 16.2. The van der Waals surface area contributed by atoms with E-state index < -0.39 is 12.1 Å². The highest BCUT2D eigenvalue weighted by Crippen LogP contribution is 2.38. The SMILES string of the molecule is CCCCOCC1O[C@@H](c2cc(Cc3cc4ccccc4s3)ccc2C(=O)O)C[C@@H](OCCCC)[C@H]1OCCCC. The molecule has 0 saturated carbocycles. The predicted molar refractivity (Wildman–Crippen MR) is 165 cm³/mol. The van der Waals surface area contributed by atoms with E-state index in [4.69, 9.17) is 18.9 Å². The number of carboxylic acids is 1. The van der Waals surface area contributed by atoms with E-state index in [1.54, 1.807) is 17.4 Å². The van der Waals surface area contributed by atoms with Crippen molar-refractivity contribution >= 4 is 27.4 Å². The van der Waals surface area contributed by atoms with Crippen molar-refractivity contribution in [2.45, 2.75) is 96.6 Å². The Morgan fingerprint density at radius 1 is 0.951 bits per heavy atom. The molecular formula is C34H46O6S. The summed E-state index contributed by atoms with van der Waals surface area (Å²) in [6, 6.07) is 16.3. The molecule has 1 aliphatic heterocycles. The van der Waals surface area contributed by atoms with Crippen LogP contribution in [0.2, 0.25) is 0 Å². The van der Waals surface area contributed by atoms with Crippen LogP contribution in [0.4, 0.5) is 0 Å². The van der Waals surface area contributed by atoms with Crippen LogP contribution in [-0.4, -0.2) is 55.8 Å². The van der Waals surface area contributed by atoms with Gasteiger partial charge in [0.15, 0.2) is 0 Å². The quantitative estimate of drug-likeness (QED) is 0.162. The Kier molecular flexibility index (Phi) is 12.6. The Balaban J connectivity index is 1.62. The number of unbranched alkanes of at least 4 members (excludes halogenated alkanes) is 3. The third kappa shape index (κ3) is 8.85. The first kappa shape index (κ1) is 31.6. The molecule has 0 spiro atoms. The zero-order valence-electron chi connectivity index (χ0n) is 24.8. The van der Waals surface area contributed by atoms with Gasteiger partial charge in [-0.25, -0.2) is 4.79 Å². The van der Waals surface area contributed by atoms with Gasteiger partial charge in [-0.05, 0) is 54.0 Å². The number of aromatic carboxylic acids is 1. The smallest absolute Gasteiger partial charge is 0.336 e. The van der Waals surface area contributed by atoms with Crippen LogP contribution in [0, 0.1) is 0 Å². The van der Waals surface area contributed by atoms with Crippen molar-refractivity contribution in [3.63, 3.8) is 0 Å². The Hall–Kier alpha value is -2.29. The topological polar surface area (TPSA) is 74.2 Å². The van der Waals surface area contributed by atoms with Gasteiger partial charge >= 0.3 is 5.97 Å². The minimum Gasteiger partial charge on any atom is -0.478 e. The number of rotatable bonds is 17. The highest BCUT2D eigenvalue weighted by Gasteiger charge is 2.42. The number of benzene rings is 2. The fourth-order valence-corrected chi connectivity index (χ4v) is 6.44. The summed E-state index contributed by atoms with van der Waals surface area (Å²) in [4.78, 5) is 13.6. The molecule has 6 nitrogen and oxygen atoms in total. The number of carboxylic acid groups (broad SMARTS) is 1. The van der Waals surface area contributed by atoms with Crippen LogP contribution >= 0.6 is 11.3 Å². The molecule has 0 bridgehead atoms.